The van der Waals surface area contributed by atoms with Crippen molar-refractivity contribution in [1.82, 2.24) is 4.98 Å². The van der Waals surface area contributed by atoms with Gasteiger partial charge in [-0.1, -0.05) is 0 Å². The van der Waals surface area contributed by atoms with E-state index in [1.165, 1.54) is 12.6 Å². The van der Waals surface area contributed by atoms with Gasteiger partial charge < -0.3 is 0 Å². The van der Waals surface area contributed by atoms with E-state index < -0.39 is 0 Å². The SMILES string of the molecule is Cc1cnc(-c2ccc(I)s2)s1. The Labute approximate surface area is 92.6 Å². The molecule has 0 atom stereocenters. The highest BCUT2D eigenvalue weighted by molar-refractivity contribution is 14.1. The Morgan fingerprint density at radius 1 is 1.33 bits per heavy atom. The third-order valence-corrected chi connectivity index (χ3v) is 4.38. The van der Waals surface area contributed by atoms with Gasteiger partial charge in [0.05, 0.1) is 7.76 Å². The van der Waals surface area contributed by atoms with Gasteiger partial charge in [0, 0.05) is 11.1 Å². The third kappa shape index (κ3) is 1.70. The van der Waals surface area contributed by atoms with Crippen LogP contribution < -0.4 is 0 Å². The van der Waals surface area contributed by atoms with Crippen molar-refractivity contribution in [2.45, 2.75) is 6.92 Å². The van der Waals surface area contributed by atoms with Crippen LogP contribution in [0.1, 0.15) is 4.88 Å². The number of halogens is 1. The lowest BCUT2D eigenvalue weighted by Crippen LogP contribution is -1.63. The second kappa shape index (κ2) is 3.43. The van der Waals surface area contributed by atoms with Crippen LogP contribution in [0.4, 0.5) is 0 Å². The maximum Gasteiger partial charge on any atom is 0.133 e. The number of aromatic nitrogens is 1. The number of aryl methyl sites for hydroxylation is 1. The number of hydrogen-bond acceptors (Lipinski definition) is 3. The van der Waals surface area contributed by atoms with Gasteiger partial charge in [-0.3, -0.25) is 0 Å². The zero-order valence-electron chi connectivity index (χ0n) is 6.37. The van der Waals surface area contributed by atoms with Gasteiger partial charge in [0.25, 0.3) is 0 Å². The van der Waals surface area contributed by atoms with Gasteiger partial charge in [-0.05, 0) is 41.6 Å². The quantitative estimate of drug-likeness (QED) is 0.731. The highest BCUT2D eigenvalue weighted by Crippen LogP contribution is 2.31. The Morgan fingerprint density at radius 2 is 2.17 bits per heavy atom. The van der Waals surface area contributed by atoms with Crippen LogP contribution in [0.3, 0.4) is 0 Å². The summed E-state index contributed by atoms with van der Waals surface area (Å²) in [5.74, 6) is 0. The highest BCUT2D eigenvalue weighted by Gasteiger charge is 2.04. The van der Waals surface area contributed by atoms with Crippen molar-refractivity contribution in [3.8, 4) is 9.88 Å². The van der Waals surface area contributed by atoms with Gasteiger partial charge >= 0.3 is 0 Å². The predicted octanol–water partition coefficient (Wildman–Crippen LogP) is 3.78. The van der Waals surface area contributed by atoms with Crippen molar-refractivity contribution in [3.63, 3.8) is 0 Å². The van der Waals surface area contributed by atoms with Crippen LogP contribution in [-0.2, 0) is 0 Å². The topological polar surface area (TPSA) is 12.9 Å². The molecule has 2 heterocycles. The lowest BCUT2D eigenvalue weighted by molar-refractivity contribution is 1.39. The standard InChI is InChI=1S/C8H6INS2/c1-5-4-10-8(11-5)6-2-3-7(9)12-6/h2-4H,1H3. The molecule has 0 aliphatic rings. The summed E-state index contributed by atoms with van der Waals surface area (Å²) in [6.45, 7) is 2.08. The molecule has 0 aliphatic heterocycles. The molecule has 2 aromatic heterocycles. The average molecular weight is 307 g/mol. The molecule has 12 heavy (non-hydrogen) atoms. The molecule has 0 saturated carbocycles. The van der Waals surface area contributed by atoms with E-state index in [4.69, 9.17) is 0 Å². The Balaban J connectivity index is 2.43. The van der Waals surface area contributed by atoms with Crippen LogP contribution in [0.5, 0.6) is 0 Å². The smallest absolute Gasteiger partial charge is 0.133 e. The van der Waals surface area contributed by atoms with Gasteiger partial charge in [0.1, 0.15) is 5.01 Å². The monoisotopic (exact) mass is 307 g/mol. The molecule has 2 rings (SSSR count). The lowest BCUT2D eigenvalue weighted by atomic mass is 10.5. The second-order valence-electron chi connectivity index (χ2n) is 2.38. The highest BCUT2D eigenvalue weighted by atomic mass is 127. The Bertz CT molecular complexity index is 353. The molecule has 0 radical (unpaired) electrons. The molecule has 0 spiro atoms. The molecule has 0 amide bonds. The van der Waals surface area contributed by atoms with Crippen LogP contribution >= 0.6 is 45.3 Å². The Kier molecular flexibility index (Phi) is 2.47. The molecule has 0 aromatic carbocycles. The third-order valence-electron chi connectivity index (χ3n) is 1.41. The van der Waals surface area contributed by atoms with E-state index in [0.29, 0.717) is 0 Å². The summed E-state index contributed by atoms with van der Waals surface area (Å²) < 4.78 is 1.32. The number of rotatable bonds is 1. The second-order valence-corrected chi connectivity index (χ2v) is 6.59. The van der Waals surface area contributed by atoms with Crippen LogP contribution in [0.2, 0.25) is 0 Å². The van der Waals surface area contributed by atoms with Gasteiger partial charge in [-0.2, -0.15) is 0 Å². The minimum atomic E-state index is 1.14. The molecule has 0 fully saturated rings. The first-order chi connectivity index (χ1) is 5.75. The molecule has 1 nitrogen and oxygen atoms in total. The largest absolute Gasteiger partial charge is 0.243 e. The average Bonchev–Trinajstić information content (AvgIpc) is 2.58. The van der Waals surface area contributed by atoms with Crippen molar-refractivity contribution < 1.29 is 0 Å². The van der Waals surface area contributed by atoms with Crippen molar-refractivity contribution in [3.05, 3.63) is 26.1 Å². The van der Waals surface area contributed by atoms with Gasteiger partial charge in [0.15, 0.2) is 0 Å². The van der Waals surface area contributed by atoms with Crippen LogP contribution in [0, 0.1) is 9.81 Å². The van der Waals surface area contributed by atoms with E-state index in [9.17, 15) is 0 Å². The summed E-state index contributed by atoms with van der Waals surface area (Å²) in [6.07, 6.45) is 1.92. The summed E-state index contributed by atoms with van der Waals surface area (Å²) >= 11 is 5.87. The van der Waals surface area contributed by atoms with Gasteiger partial charge in [0.2, 0.25) is 0 Å². The van der Waals surface area contributed by atoms with E-state index in [1.807, 2.05) is 6.20 Å². The van der Waals surface area contributed by atoms with E-state index >= 15 is 0 Å². The number of thiazole rings is 1. The maximum atomic E-state index is 4.32. The number of thiophene rings is 1. The predicted molar refractivity (Wildman–Crippen MR) is 62.9 cm³/mol. The molecule has 4 heteroatoms. The summed E-state index contributed by atoms with van der Waals surface area (Å²) in [5.41, 5.74) is 0. The maximum absolute atomic E-state index is 4.32. The molecule has 0 saturated heterocycles. The van der Waals surface area contributed by atoms with Crippen molar-refractivity contribution in [2.75, 3.05) is 0 Å². The van der Waals surface area contributed by atoms with Crippen molar-refractivity contribution >= 4 is 45.3 Å². The van der Waals surface area contributed by atoms with E-state index in [-0.39, 0.29) is 0 Å². The van der Waals surface area contributed by atoms with Gasteiger partial charge in [-0.25, -0.2) is 4.98 Å². The van der Waals surface area contributed by atoms with Gasteiger partial charge in [-0.15, -0.1) is 22.7 Å². The Morgan fingerprint density at radius 3 is 2.67 bits per heavy atom. The zero-order valence-corrected chi connectivity index (χ0v) is 10.2. The molecule has 2 aromatic rings. The molecule has 62 valence electrons. The first kappa shape index (κ1) is 8.65. The zero-order chi connectivity index (χ0) is 8.55. The van der Waals surface area contributed by atoms with Crippen LogP contribution in [0.25, 0.3) is 9.88 Å². The summed E-state index contributed by atoms with van der Waals surface area (Å²) in [5, 5.41) is 1.14. The van der Waals surface area contributed by atoms with E-state index in [1.54, 1.807) is 22.7 Å². The number of nitrogens with zero attached hydrogens (tertiary/aromatic N) is 1. The van der Waals surface area contributed by atoms with Crippen LogP contribution in [-0.4, -0.2) is 4.98 Å². The van der Waals surface area contributed by atoms with Crippen molar-refractivity contribution in [2.24, 2.45) is 0 Å². The molecular formula is C8H6INS2. The van der Waals surface area contributed by atoms with Crippen molar-refractivity contribution in [1.29, 1.82) is 0 Å². The molecule has 0 bridgehead atoms. The summed E-state index contributed by atoms with van der Waals surface area (Å²) in [6, 6.07) is 4.25. The molecule has 0 unspecified atom stereocenters. The fourth-order valence-corrected chi connectivity index (χ4v) is 3.35. The first-order valence-electron chi connectivity index (χ1n) is 3.44. The molecule has 0 N–H and O–H groups in total. The molecular weight excluding hydrogens is 301 g/mol. The lowest BCUT2D eigenvalue weighted by Gasteiger charge is -1.84. The fraction of sp³-hybridized carbons (Fsp3) is 0.125. The summed E-state index contributed by atoms with van der Waals surface area (Å²) in [7, 11) is 0. The van der Waals surface area contributed by atoms with Crippen LogP contribution in [0.15, 0.2) is 18.3 Å². The summed E-state index contributed by atoms with van der Waals surface area (Å²) in [4.78, 5) is 6.87. The Hall–Kier alpha value is 0.0600. The van der Waals surface area contributed by atoms with E-state index in [2.05, 4.69) is 46.6 Å². The molecule has 0 aliphatic carbocycles. The minimum Gasteiger partial charge on any atom is -0.243 e. The fourth-order valence-electron chi connectivity index (χ4n) is 0.898. The van der Waals surface area contributed by atoms with E-state index in [0.717, 1.165) is 5.01 Å². The normalized spacial score (nSPS) is 10.5. The first-order valence-corrected chi connectivity index (χ1v) is 6.15. The number of hydrogen-bond donors (Lipinski definition) is 0. The minimum absolute atomic E-state index is 1.14.